The number of fused-ring (bicyclic) bond motifs is 1. The summed E-state index contributed by atoms with van der Waals surface area (Å²) in [6, 6.07) is 15.4. The number of amides is 1. The van der Waals surface area contributed by atoms with Gasteiger partial charge in [-0.3, -0.25) is 14.5 Å². The highest BCUT2D eigenvalue weighted by Gasteiger charge is 2.30. The van der Waals surface area contributed by atoms with Crippen LogP contribution in [-0.2, 0) is 4.79 Å². The van der Waals surface area contributed by atoms with Gasteiger partial charge in [0.15, 0.2) is 5.78 Å². The fraction of sp³-hybridized carbons (Fsp3) is 0.286. The van der Waals surface area contributed by atoms with Gasteiger partial charge in [-0.05, 0) is 50.6 Å². The van der Waals surface area contributed by atoms with Crippen molar-refractivity contribution in [1.82, 2.24) is 9.88 Å². The molecule has 0 aliphatic carbocycles. The molecule has 5 nitrogen and oxygen atoms in total. The van der Waals surface area contributed by atoms with Crippen LogP contribution in [0, 0.1) is 0 Å². The zero-order valence-electron chi connectivity index (χ0n) is 15.1. The van der Waals surface area contributed by atoms with Crippen molar-refractivity contribution >= 4 is 38.9 Å². The molecular weight excluding hydrogens is 358 g/mol. The lowest BCUT2D eigenvalue weighted by Gasteiger charge is -2.22. The molecule has 1 atom stereocenters. The average molecular weight is 379 g/mol. The molecule has 1 amide bonds. The Morgan fingerprint density at radius 3 is 2.89 bits per heavy atom. The molecular formula is C21H21N3O2S. The van der Waals surface area contributed by atoms with Crippen molar-refractivity contribution in [2.75, 3.05) is 18.4 Å². The van der Waals surface area contributed by atoms with E-state index >= 15 is 0 Å². The van der Waals surface area contributed by atoms with Crippen LogP contribution in [0.1, 0.15) is 41.2 Å². The number of thiazole rings is 1. The number of ketones is 1. The van der Waals surface area contributed by atoms with Crippen LogP contribution in [-0.4, -0.2) is 34.7 Å². The van der Waals surface area contributed by atoms with Gasteiger partial charge in [-0.15, -0.1) is 11.3 Å². The highest BCUT2D eigenvalue weighted by Crippen LogP contribution is 2.36. The number of nitrogens with zero attached hydrogens (tertiary/aromatic N) is 2. The molecule has 1 N–H and O–H groups in total. The molecule has 1 aliphatic rings. The predicted molar refractivity (Wildman–Crippen MR) is 108 cm³/mol. The van der Waals surface area contributed by atoms with Gasteiger partial charge in [-0.25, -0.2) is 4.98 Å². The molecule has 6 heteroatoms. The van der Waals surface area contributed by atoms with E-state index in [0.717, 1.165) is 29.9 Å². The number of likely N-dealkylation sites (tertiary alicyclic amines) is 1. The van der Waals surface area contributed by atoms with E-state index in [2.05, 4.69) is 16.3 Å². The third kappa shape index (κ3) is 3.91. The summed E-state index contributed by atoms with van der Waals surface area (Å²) >= 11 is 1.71. The Kier molecular flexibility index (Phi) is 5.01. The highest BCUT2D eigenvalue weighted by atomic mass is 32.1. The van der Waals surface area contributed by atoms with Crippen LogP contribution < -0.4 is 5.32 Å². The fourth-order valence-electron chi connectivity index (χ4n) is 3.53. The van der Waals surface area contributed by atoms with Gasteiger partial charge < -0.3 is 5.32 Å². The minimum atomic E-state index is -0.0660. The first kappa shape index (κ1) is 17.8. The van der Waals surface area contributed by atoms with Crippen LogP contribution in [0.3, 0.4) is 0 Å². The molecule has 0 spiro atoms. The number of nitrogens with one attached hydrogen (secondary N) is 1. The summed E-state index contributed by atoms with van der Waals surface area (Å²) in [5, 5.41) is 4.00. The number of para-hydroxylation sites is 1. The van der Waals surface area contributed by atoms with E-state index in [1.165, 1.54) is 11.6 Å². The quantitative estimate of drug-likeness (QED) is 0.672. The number of carbonyl (C=O) groups is 2. The third-order valence-electron chi connectivity index (χ3n) is 4.86. The molecule has 3 aromatic rings. The summed E-state index contributed by atoms with van der Waals surface area (Å²) in [6.45, 7) is 2.74. The molecule has 2 heterocycles. The summed E-state index contributed by atoms with van der Waals surface area (Å²) in [4.78, 5) is 31.0. The maximum absolute atomic E-state index is 12.5. The number of rotatable bonds is 5. The summed E-state index contributed by atoms with van der Waals surface area (Å²) in [7, 11) is 0. The number of anilines is 1. The first-order chi connectivity index (χ1) is 13.1. The van der Waals surface area contributed by atoms with Gasteiger partial charge in [0.25, 0.3) is 0 Å². The number of hydrogen-bond donors (Lipinski definition) is 1. The minimum Gasteiger partial charge on any atom is -0.325 e. The van der Waals surface area contributed by atoms with Crippen molar-refractivity contribution in [2.45, 2.75) is 25.8 Å². The summed E-state index contributed by atoms with van der Waals surface area (Å²) in [5.74, 6) is -0.0785. The topological polar surface area (TPSA) is 62.3 Å². The number of benzene rings is 2. The molecule has 1 aromatic heterocycles. The highest BCUT2D eigenvalue weighted by molar-refractivity contribution is 7.18. The first-order valence-corrected chi connectivity index (χ1v) is 9.92. The average Bonchev–Trinajstić information content (AvgIpc) is 3.27. The van der Waals surface area contributed by atoms with Gasteiger partial charge in [0.05, 0.1) is 22.8 Å². The molecule has 0 saturated carbocycles. The van der Waals surface area contributed by atoms with Gasteiger partial charge in [0, 0.05) is 11.3 Å². The SMILES string of the molecule is CC(=O)c1cccc(NC(=O)CN2CCC[C@@H]2c2nc3ccccc3s2)c1. The molecule has 1 saturated heterocycles. The lowest BCUT2D eigenvalue weighted by atomic mass is 10.1. The van der Waals surface area contributed by atoms with Crippen LogP contribution in [0.5, 0.6) is 0 Å². The Morgan fingerprint density at radius 1 is 1.22 bits per heavy atom. The van der Waals surface area contributed by atoms with Crippen molar-refractivity contribution in [1.29, 1.82) is 0 Å². The summed E-state index contributed by atoms with van der Waals surface area (Å²) < 4.78 is 1.19. The van der Waals surface area contributed by atoms with E-state index in [9.17, 15) is 9.59 Å². The molecule has 4 rings (SSSR count). The van der Waals surface area contributed by atoms with Crippen LogP contribution in [0.4, 0.5) is 5.69 Å². The number of carbonyl (C=O) groups excluding carboxylic acids is 2. The standard InChI is InChI=1S/C21H21N3O2S/c1-14(25)15-6-4-7-16(12-15)22-20(26)13-24-11-5-9-18(24)21-23-17-8-2-3-10-19(17)27-21/h2-4,6-8,10,12,18H,5,9,11,13H2,1H3,(H,22,26)/t18-/m1/s1. The Bertz CT molecular complexity index is 965. The molecule has 0 unspecified atom stereocenters. The monoisotopic (exact) mass is 379 g/mol. The van der Waals surface area contributed by atoms with E-state index < -0.39 is 0 Å². The number of hydrogen-bond acceptors (Lipinski definition) is 5. The maximum Gasteiger partial charge on any atom is 0.238 e. The maximum atomic E-state index is 12.5. The fourth-order valence-corrected chi connectivity index (χ4v) is 4.67. The molecule has 0 radical (unpaired) electrons. The molecule has 1 aliphatic heterocycles. The number of aromatic nitrogens is 1. The van der Waals surface area contributed by atoms with Gasteiger partial charge in [-0.2, -0.15) is 0 Å². The molecule has 2 aromatic carbocycles. The lowest BCUT2D eigenvalue weighted by Crippen LogP contribution is -2.32. The third-order valence-corrected chi connectivity index (χ3v) is 6.00. The van der Waals surface area contributed by atoms with Crippen LogP contribution >= 0.6 is 11.3 Å². The van der Waals surface area contributed by atoms with Gasteiger partial charge >= 0.3 is 0 Å². The van der Waals surface area contributed by atoms with E-state index in [-0.39, 0.29) is 17.7 Å². The Labute approximate surface area is 162 Å². The summed E-state index contributed by atoms with van der Waals surface area (Å²) in [6.07, 6.45) is 2.08. The normalized spacial score (nSPS) is 17.3. The Balaban J connectivity index is 1.45. The van der Waals surface area contributed by atoms with Gasteiger partial charge in [-0.1, -0.05) is 24.3 Å². The minimum absolute atomic E-state index is 0.0125. The largest absolute Gasteiger partial charge is 0.325 e. The van der Waals surface area contributed by atoms with Gasteiger partial charge in [0.2, 0.25) is 5.91 Å². The molecule has 27 heavy (non-hydrogen) atoms. The first-order valence-electron chi connectivity index (χ1n) is 9.10. The molecule has 1 fully saturated rings. The van der Waals surface area contributed by atoms with Gasteiger partial charge in [0.1, 0.15) is 5.01 Å². The second-order valence-corrected chi connectivity index (χ2v) is 7.90. The van der Waals surface area contributed by atoms with Crippen molar-refractivity contribution in [2.24, 2.45) is 0 Å². The smallest absolute Gasteiger partial charge is 0.238 e. The van der Waals surface area contributed by atoms with E-state index in [1.54, 1.807) is 35.6 Å². The number of Topliss-reactive ketones (excluding diaryl/α,β-unsaturated/α-hetero) is 1. The summed E-state index contributed by atoms with van der Waals surface area (Å²) in [5.41, 5.74) is 2.28. The zero-order valence-corrected chi connectivity index (χ0v) is 16.0. The Morgan fingerprint density at radius 2 is 2.07 bits per heavy atom. The zero-order chi connectivity index (χ0) is 18.8. The van der Waals surface area contributed by atoms with E-state index in [1.807, 2.05) is 18.2 Å². The Hall–Kier alpha value is -2.57. The lowest BCUT2D eigenvalue weighted by molar-refractivity contribution is -0.117. The van der Waals surface area contributed by atoms with Crippen molar-refractivity contribution in [3.63, 3.8) is 0 Å². The van der Waals surface area contributed by atoms with Crippen molar-refractivity contribution in [3.8, 4) is 0 Å². The second kappa shape index (κ2) is 7.58. The van der Waals surface area contributed by atoms with Crippen molar-refractivity contribution < 1.29 is 9.59 Å². The van der Waals surface area contributed by atoms with Crippen LogP contribution in [0.15, 0.2) is 48.5 Å². The van der Waals surface area contributed by atoms with Crippen LogP contribution in [0.25, 0.3) is 10.2 Å². The predicted octanol–water partition coefficient (Wildman–Crippen LogP) is 4.27. The molecule has 0 bridgehead atoms. The second-order valence-electron chi connectivity index (χ2n) is 6.83. The van der Waals surface area contributed by atoms with Crippen LogP contribution in [0.2, 0.25) is 0 Å². The molecule has 138 valence electrons. The van der Waals surface area contributed by atoms with Crippen molar-refractivity contribution in [3.05, 3.63) is 59.1 Å². The van der Waals surface area contributed by atoms with E-state index in [4.69, 9.17) is 4.98 Å². The van der Waals surface area contributed by atoms with E-state index in [0.29, 0.717) is 17.8 Å².